The topological polar surface area (TPSA) is 43.4 Å². The van der Waals surface area contributed by atoms with Crippen LogP contribution in [0.5, 0.6) is 0 Å². The van der Waals surface area contributed by atoms with Gasteiger partial charge in [0.15, 0.2) is 0 Å². The third kappa shape index (κ3) is 8.94. The van der Waals surface area contributed by atoms with Gasteiger partial charge < -0.3 is 0 Å². The molecule has 0 saturated carbocycles. The Morgan fingerprint density at radius 1 is 1.17 bits per heavy atom. The second-order valence-corrected chi connectivity index (χ2v) is 1.80. The second-order valence-electron chi connectivity index (χ2n) is 0.329. The molecule has 0 N–H and O–H groups in total. The normalized spacial score (nSPS) is 3.33. The Hall–Kier alpha value is 1.15. The van der Waals surface area contributed by atoms with Crippen molar-refractivity contribution < 1.29 is 31.5 Å². The average molecular weight is 297 g/mol. The van der Waals surface area contributed by atoms with Gasteiger partial charge in [0.05, 0.1) is 0 Å². The summed E-state index contributed by atoms with van der Waals surface area (Å²) in [6, 6.07) is 0. The van der Waals surface area contributed by atoms with Crippen LogP contribution in [0.15, 0.2) is 0 Å². The number of hydrogen-bond donors (Lipinski definition) is 0. The summed E-state index contributed by atoms with van der Waals surface area (Å²) in [5, 5.41) is 0. The van der Waals surface area contributed by atoms with Crippen LogP contribution in [-0.4, -0.2) is 31.0 Å². The molecule has 0 bridgehead atoms. The van der Waals surface area contributed by atoms with E-state index in [2.05, 4.69) is 2.84 Å². The fourth-order valence-electron chi connectivity index (χ4n) is 0.0227. The predicted molar refractivity (Wildman–Crippen MR) is 14.0 cm³/mol. The summed E-state index contributed by atoms with van der Waals surface area (Å²) >= 11 is -2.48. The predicted octanol–water partition coefficient (Wildman–Crippen LogP) is -1.07. The first-order valence-electron chi connectivity index (χ1n) is 0.943. The van der Waals surface area contributed by atoms with Gasteiger partial charge in [-0.2, -0.15) is 0 Å². The van der Waals surface area contributed by atoms with Crippen LogP contribution in [-0.2, 0) is 31.5 Å². The van der Waals surface area contributed by atoms with E-state index >= 15 is 0 Å². The van der Waals surface area contributed by atoms with Crippen molar-refractivity contribution >= 4 is 31.0 Å². The van der Waals surface area contributed by atoms with Crippen LogP contribution in [0.25, 0.3) is 0 Å². The van der Waals surface area contributed by atoms with E-state index in [0.29, 0.717) is 0 Å². The van der Waals surface area contributed by atoms with Crippen LogP contribution in [0.4, 0.5) is 0 Å². The van der Waals surface area contributed by atoms with E-state index in [1.165, 1.54) is 0 Å². The Morgan fingerprint density at radius 3 is 1.50 bits per heavy atom. The minimum absolute atomic E-state index is 0. The largest absolute Gasteiger partial charge is 0 e. The van der Waals surface area contributed by atoms with Crippen LogP contribution in [0.2, 0.25) is 0 Å². The molecule has 0 aromatic heterocycles. The molecular formula is Al2O3Pt. The molecular weight excluding hydrogens is 297 g/mol. The monoisotopic (exact) mass is 297 g/mol. The molecule has 3 nitrogen and oxygen atoms in total. The van der Waals surface area contributed by atoms with Crippen molar-refractivity contribution in [3.63, 3.8) is 0 Å². The van der Waals surface area contributed by atoms with E-state index in [1.54, 1.807) is 0 Å². The molecule has 0 aliphatic heterocycles. The number of rotatable bonds is 2. The molecule has 0 heterocycles. The van der Waals surface area contributed by atoms with Crippen LogP contribution in [0, 0.1) is 0 Å². The van der Waals surface area contributed by atoms with Gasteiger partial charge in [-0.25, -0.2) is 0 Å². The average Bonchev–Trinajstić information content (AvgIpc) is 1.41. The fraction of sp³-hybridized carbons (Fsp3) is 0. The Labute approximate surface area is 62.2 Å². The Kier molecular flexibility index (Phi) is 16.1. The van der Waals surface area contributed by atoms with Crippen molar-refractivity contribution in [2.24, 2.45) is 0 Å². The summed E-state index contributed by atoms with van der Waals surface area (Å²) in [4.78, 5) is 0. The Bertz CT molecular complexity index is 38.1. The molecule has 0 rings (SSSR count). The smallest absolute Gasteiger partial charge is 0 e. The molecule has 0 radical (unpaired) electrons. The molecule has 6 heavy (non-hydrogen) atoms. The summed E-state index contributed by atoms with van der Waals surface area (Å²) in [5.41, 5.74) is 0. The number of hydrogen-bond acceptors (Lipinski definition) is 3. The van der Waals surface area contributed by atoms with Crippen molar-refractivity contribution in [3.8, 4) is 0 Å². The molecule has 0 aromatic carbocycles. The summed E-state index contributed by atoms with van der Waals surface area (Å²) in [5.74, 6) is 0. The van der Waals surface area contributed by atoms with Gasteiger partial charge in [0.2, 0.25) is 0 Å². The summed E-state index contributed by atoms with van der Waals surface area (Å²) in [6.07, 6.45) is 0. The van der Waals surface area contributed by atoms with Gasteiger partial charge >= 0.3 is 41.4 Å². The first kappa shape index (κ1) is 10.2. The fourth-order valence-corrected chi connectivity index (χ4v) is 0.204. The first-order valence-corrected chi connectivity index (χ1v) is 2.83. The van der Waals surface area contributed by atoms with E-state index < -0.39 is 31.0 Å². The molecule has 0 saturated heterocycles. The summed E-state index contributed by atoms with van der Waals surface area (Å²) < 4.78 is 22.3. The molecule has 6 heteroatoms. The van der Waals surface area contributed by atoms with Gasteiger partial charge in [-0.3, -0.25) is 0 Å². The molecule has 0 fully saturated rings. The zero-order valence-corrected chi connectivity index (χ0v) is 7.28. The van der Waals surface area contributed by atoms with E-state index in [0.717, 1.165) is 0 Å². The van der Waals surface area contributed by atoms with E-state index in [-0.39, 0.29) is 21.1 Å². The van der Waals surface area contributed by atoms with Crippen molar-refractivity contribution in [1.29, 1.82) is 0 Å². The minimum Gasteiger partial charge on any atom is 0 e. The minimum atomic E-state index is -1.24. The molecule has 0 atom stereocenters. The molecule has 0 unspecified atom stereocenters. The molecule has 0 aromatic rings. The summed E-state index contributed by atoms with van der Waals surface area (Å²) in [7, 11) is 0. The second kappa shape index (κ2) is 9.47. The first-order chi connectivity index (χ1) is 2.41. The maximum atomic E-state index is 9.21. The molecule has 0 amide bonds. The van der Waals surface area contributed by atoms with Crippen LogP contribution < -0.4 is 0 Å². The summed E-state index contributed by atoms with van der Waals surface area (Å²) in [6.45, 7) is 0. The van der Waals surface area contributed by atoms with Crippen LogP contribution >= 0.6 is 0 Å². The Morgan fingerprint density at radius 2 is 1.50 bits per heavy atom. The van der Waals surface area contributed by atoms with Gasteiger partial charge in [0.25, 0.3) is 0 Å². The van der Waals surface area contributed by atoms with Crippen LogP contribution in [0.1, 0.15) is 0 Å². The van der Waals surface area contributed by atoms with Crippen molar-refractivity contribution in [3.05, 3.63) is 0 Å². The van der Waals surface area contributed by atoms with Gasteiger partial charge in [-0.05, 0) is 0 Å². The van der Waals surface area contributed by atoms with Gasteiger partial charge in [-0.1, -0.05) is 0 Å². The van der Waals surface area contributed by atoms with E-state index in [1.807, 2.05) is 0 Å². The quantitative estimate of drug-likeness (QED) is 0.610. The maximum absolute atomic E-state index is 9.21. The van der Waals surface area contributed by atoms with Gasteiger partial charge in [0.1, 0.15) is 0 Å². The van der Waals surface area contributed by atoms with Crippen LogP contribution in [0.3, 0.4) is 0 Å². The molecule has 0 aliphatic rings. The van der Waals surface area contributed by atoms with Crippen molar-refractivity contribution in [2.45, 2.75) is 0 Å². The van der Waals surface area contributed by atoms with E-state index in [4.69, 9.17) is 0 Å². The zero-order valence-electron chi connectivity index (χ0n) is 2.70. The van der Waals surface area contributed by atoms with Gasteiger partial charge in [-0.15, -0.1) is 0 Å². The van der Waals surface area contributed by atoms with Crippen molar-refractivity contribution in [2.75, 3.05) is 0 Å². The Balaban J connectivity index is 0. The molecule has 34 valence electrons. The van der Waals surface area contributed by atoms with Gasteiger partial charge in [0, 0.05) is 21.1 Å². The zero-order chi connectivity index (χ0) is 4.12. The third-order valence-electron chi connectivity index (χ3n) is 0.111. The SMILES string of the molecule is [O]=[Al][O][Al]=[O].[Pt]. The third-order valence-corrected chi connectivity index (χ3v) is 1.00. The maximum Gasteiger partial charge on any atom is 0 e. The van der Waals surface area contributed by atoms with Crippen molar-refractivity contribution in [1.82, 2.24) is 0 Å². The van der Waals surface area contributed by atoms with E-state index in [9.17, 15) is 7.61 Å². The molecule has 0 aliphatic carbocycles. The standard InChI is InChI=1S/2Al.3O.Pt. The molecule has 0 spiro atoms.